The number of hydrogen-bond donors (Lipinski definition) is 2. The summed E-state index contributed by atoms with van der Waals surface area (Å²) in [6.07, 6.45) is 1.50. The highest BCUT2D eigenvalue weighted by atomic mass is 16.6. The number of rotatable bonds is 4. The molecule has 1 aromatic carbocycles. The van der Waals surface area contributed by atoms with Crippen LogP contribution in [-0.2, 0) is 5.60 Å². The third-order valence-corrected chi connectivity index (χ3v) is 3.61. The standard InChI is InChI=1S/C12H11N5O5/c18-12(11-3-4-13-14-11)6-15(7-12)9-2-1-8(16(19)20)5-10(9)17(21)22/h1-5,18H,6-7H2,(H,13,14). The van der Waals surface area contributed by atoms with Gasteiger partial charge in [-0.15, -0.1) is 0 Å². The van der Waals surface area contributed by atoms with Crippen molar-refractivity contribution in [3.8, 4) is 0 Å². The van der Waals surface area contributed by atoms with Crippen LogP contribution < -0.4 is 4.90 Å². The molecule has 0 amide bonds. The van der Waals surface area contributed by atoms with Crippen molar-refractivity contribution in [2.75, 3.05) is 18.0 Å². The first kappa shape index (κ1) is 13.9. The number of aromatic amines is 1. The van der Waals surface area contributed by atoms with Gasteiger partial charge in [-0.1, -0.05) is 0 Å². The first-order valence-electron chi connectivity index (χ1n) is 6.31. The van der Waals surface area contributed by atoms with E-state index in [2.05, 4.69) is 10.2 Å². The van der Waals surface area contributed by atoms with E-state index in [1.165, 1.54) is 18.3 Å². The van der Waals surface area contributed by atoms with E-state index < -0.39 is 15.4 Å². The van der Waals surface area contributed by atoms with E-state index in [9.17, 15) is 25.3 Å². The maximum atomic E-state index is 11.1. The molecule has 0 radical (unpaired) electrons. The fraction of sp³-hybridized carbons (Fsp3) is 0.250. The Balaban J connectivity index is 1.88. The second kappa shape index (κ2) is 4.77. The molecule has 1 aromatic heterocycles. The van der Waals surface area contributed by atoms with Crippen LogP contribution in [0.3, 0.4) is 0 Å². The normalized spacial score (nSPS) is 16.1. The molecule has 1 saturated heterocycles. The molecule has 0 atom stereocenters. The van der Waals surface area contributed by atoms with E-state index in [0.717, 1.165) is 6.07 Å². The molecule has 22 heavy (non-hydrogen) atoms. The molecule has 0 aliphatic carbocycles. The van der Waals surface area contributed by atoms with Gasteiger partial charge in [0.1, 0.15) is 11.3 Å². The van der Waals surface area contributed by atoms with E-state index in [0.29, 0.717) is 5.69 Å². The number of aliphatic hydroxyl groups is 1. The van der Waals surface area contributed by atoms with Crippen LogP contribution in [0.15, 0.2) is 30.5 Å². The lowest BCUT2D eigenvalue weighted by Gasteiger charge is -2.46. The summed E-state index contributed by atoms with van der Waals surface area (Å²) in [6.45, 7) is 0.266. The maximum Gasteiger partial charge on any atom is 0.299 e. The number of H-pyrrole nitrogens is 1. The van der Waals surface area contributed by atoms with Crippen LogP contribution >= 0.6 is 0 Å². The highest BCUT2D eigenvalue weighted by Gasteiger charge is 2.45. The van der Waals surface area contributed by atoms with Gasteiger partial charge in [-0.25, -0.2) is 0 Å². The Morgan fingerprint density at radius 2 is 1.95 bits per heavy atom. The van der Waals surface area contributed by atoms with Gasteiger partial charge in [-0.3, -0.25) is 25.3 Å². The van der Waals surface area contributed by atoms with Gasteiger partial charge in [0.25, 0.3) is 11.4 Å². The molecule has 2 aromatic rings. The topological polar surface area (TPSA) is 138 Å². The van der Waals surface area contributed by atoms with Gasteiger partial charge in [-0.05, 0) is 12.1 Å². The number of β-amino-alcohol motifs (C(OH)–C–C–N with tert-alkyl or cyclic N) is 1. The van der Waals surface area contributed by atoms with Crippen LogP contribution in [0.25, 0.3) is 0 Å². The second-order valence-corrected chi connectivity index (χ2v) is 5.05. The van der Waals surface area contributed by atoms with Crippen LogP contribution in [-0.4, -0.2) is 38.2 Å². The quantitative estimate of drug-likeness (QED) is 0.632. The minimum Gasteiger partial charge on any atom is -0.380 e. The molecule has 2 heterocycles. The van der Waals surface area contributed by atoms with Gasteiger partial charge in [0.05, 0.1) is 34.7 Å². The molecule has 10 heteroatoms. The number of aromatic nitrogens is 2. The predicted octanol–water partition coefficient (Wildman–Crippen LogP) is 0.934. The highest BCUT2D eigenvalue weighted by molar-refractivity contribution is 5.68. The van der Waals surface area contributed by atoms with Crippen molar-refractivity contribution < 1.29 is 15.0 Å². The Kier molecular flexibility index (Phi) is 3.03. The van der Waals surface area contributed by atoms with Gasteiger partial charge in [0.2, 0.25) is 0 Å². The van der Waals surface area contributed by atoms with E-state index in [4.69, 9.17) is 0 Å². The maximum absolute atomic E-state index is 11.1. The summed E-state index contributed by atoms with van der Waals surface area (Å²) in [5, 5.41) is 38.6. The molecule has 1 aliphatic heterocycles. The Hall–Kier alpha value is -3.01. The monoisotopic (exact) mass is 305 g/mol. The summed E-state index contributed by atoms with van der Waals surface area (Å²) in [5.74, 6) is 0. The van der Waals surface area contributed by atoms with Crippen molar-refractivity contribution in [3.63, 3.8) is 0 Å². The van der Waals surface area contributed by atoms with Crippen LogP contribution in [0.2, 0.25) is 0 Å². The first-order chi connectivity index (χ1) is 10.4. The minimum absolute atomic E-state index is 0.133. The lowest BCUT2D eigenvalue weighted by Crippen LogP contribution is -2.60. The van der Waals surface area contributed by atoms with Crippen molar-refractivity contribution in [2.45, 2.75) is 5.60 Å². The summed E-state index contributed by atoms with van der Waals surface area (Å²) in [6, 6.07) is 5.07. The number of nitrogens with one attached hydrogen (secondary N) is 1. The van der Waals surface area contributed by atoms with E-state index in [-0.39, 0.29) is 30.2 Å². The second-order valence-electron chi connectivity index (χ2n) is 5.05. The molecule has 0 bridgehead atoms. The SMILES string of the molecule is O=[N+]([O-])c1ccc(N2CC(O)(c3ccn[nH]3)C2)c([N+](=O)[O-])c1. The molecule has 2 N–H and O–H groups in total. The fourth-order valence-electron chi connectivity index (χ4n) is 2.48. The number of non-ortho nitro benzene ring substituents is 1. The average molecular weight is 305 g/mol. The molecule has 114 valence electrons. The molecule has 0 saturated carbocycles. The molecule has 0 spiro atoms. The highest BCUT2D eigenvalue weighted by Crippen LogP contribution is 2.40. The van der Waals surface area contributed by atoms with Gasteiger partial charge in [0, 0.05) is 12.3 Å². The largest absolute Gasteiger partial charge is 0.380 e. The zero-order chi connectivity index (χ0) is 15.9. The summed E-state index contributed by atoms with van der Waals surface area (Å²) < 4.78 is 0. The Bertz CT molecular complexity index is 738. The van der Waals surface area contributed by atoms with Crippen molar-refractivity contribution in [3.05, 3.63) is 56.4 Å². The van der Waals surface area contributed by atoms with E-state index in [1.54, 1.807) is 11.0 Å². The van der Waals surface area contributed by atoms with Crippen LogP contribution in [0.5, 0.6) is 0 Å². The van der Waals surface area contributed by atoms with Crippen molar-refractivity contribution in [2.24, 2.45) is 0 Å². The third kappa shape index (κ3) is 2.15. The molecular formula is C12H11N5O5. The Morgan fingerprint density at radius 1 is 1.23 bits per heavy atom. The molecule has 10 nitrogen and oxygen atoms in total. The van der Waals surface area contributed by atoms with E-state index >= 15 is 0 Å². The molecule has 1 fully saturated rings. The summed E-state index contributed by atoms with van der Waals surface area (Å²) in [7, 11) is 0. The zero-order valence-corrected chi connectivity index (χ0v) is 11.2. The number of nitro groups is 2. The minimum atomic E-state index is -1.16. The van der Waals surface area contributed by atoms with Crippen LogP contribution in [0, 0.1) is 20.2 Å². The average Bonchev–Trinajstić information content (AvgIpc) is 2.97. The number of nitrogens with zero attached hydrogens (tertiary/aromatic N) is 4. The van der Waals surface area contributed by atoms with Gasteiger partial charge in [0.15, 0.2) is 0 Å². The van der Waals surface area contributed by atoms with Gasteiger partial charge >= 0.3 is 0 Å². The van der Waals surface area contributed by atoms with Gasteiger partial charge < -0.3 is 10.0 Å². The Morgan fingerprint density at radius 3 is 2.50 bits per heavy atom. The van der Waals surface area contributed by atoms with Crippen molar-refractivity contribution >= 4 is 17.1 Å². The Labute approximate surface area is 123 Å². The molecule has 1 aliphatic rings. The predicted molar refractivity (Wildman–Crippen MR) is 74.4 cm³/mol. The van der Waals surface area contributed by atoms with Crippen molar-refractivity contribution in [1.82, 2.24) is 10.2 Å². The van der Waals surface area contributed by atoms with Crippen molar-refractivity contribution in [1.29, 1.82) is 0 Å². The number of anilines is 1. The van der Waals surface area contributed by atoms with E-state index in [1.807, 2.05) is 0 Å². The van der Waals surface area contributed by atoms with Gasteiger partial charge in [-0.2, -0.15) is 5.10 Å². The van der Waals surface area contributed by atoms with Crippen LogP contribution in [0.4, 0.5) is 17.1 Å². The zero-order valence-electron chi connectivity index (χ0n) is 11.2. The lowest BCUT2D eigenvalue weighted by atomic mass is 9.89. The fourth-order valence-corrected chi connectivity index (χ4v) is 2.48. The number of nitro benzene ring substituents is 2. The third-order valence-electron chi connectivity index (χ3n) is 3.61. The summed E-state index contributed by atoms with van der Waals surface area (Å²) in [4.78, 5) is 22.1. The molecule has 3 rings (SSSR count). The summed E-state index contributed by atoms with van der Waals surface area (Å²) in [5.41, 5.74) is -1.11. The molecule has 0 unspecified atom stereocenters. The summed E-state index contributed by atoms with van der Waals surface area (Å²) >= 11 is 0. The number of benzene rings is 1. The van der Waals surface area contributed by atoms with Crippen LogP contribution in [0.1, 0.15) is 5.69 Å². The molecular weight excluding hydrogens is 294 g/mol. The lowest BCUT2D eigenvalue weighted by molar-refractivity contribution is -0.393. The number of hydrogen-bond acceptors (Lipinski definition) is 7. The first-order valence-corrected chi connectivity index (χ1v) is 6.31. The smallest absolute Gasteiger partial charge is 0.299 e.